The molecule has 0 aliphatic heterocycles. The molecule has 1 aromatic rings. The SMILES string of the molecule is CC(C)[C@H](N)C(=O)NCC(=O)Nc1cccc(F)c1F. The van der Waals surface area contributed by atoms with Gasteiger partial charge in [-0.25, -0.2) is 8.78 Å². The molecule has 0 saturated carbocycles. The highest BCUT2D eigenvalue weighted by molar-refractivity contribution is 5.95. The Morgan fingerprint density at radius 1 is 1.30 bits per heavy atom. The summed E-state index contributed by atoms with van der Waals surface area (Å²) < 4.78 is 26.2. The van der Waals surface area contributed by atoms with Gasteiger partial charge in [-0.15, -0.1) is 0 Å². The molecule has 7 heteroatoms. The second-order valence-corrected chi connectivity index (χ2v) is 4.64. The first-order chi connectivity index (χ1) is 9.32. The Kier molecular flexibility index (Phi) is 5.57. The summed E-state index contributed by atoms with van der Waals surface area (Å²) in [4.78, 5) is 23.0. The van der Waals surface area contributed by atoms with Crippen LogP contribution in [0.4, 0.5) is 14.5 Å². The maximum Gasteiger partial charge on any atom is 0.243 e. The molecule has 2 amide bonds. The van der Waals surface area contributed by atoms with Gasteiger partial charge in [-0.05, 0) is 18.1 Å². The highest BCUT2D eigenvalue weighted by atomic mass is 19.2. The largest absolute Gasteiger partial charge is 0.346 e. The molecule has 0 bridgehead atoms. The van der Waals surface area contributed by atoms with Crippen LogP contribution in [0.15, 0.2) is 18.2 Å². The van der Waals surface area contributed by atoms with E-state index >= 15 is 0 Å². The van der Waals surface area contributed by atoms with Crippen molar-refractivity contribution in [1.29, 1.82) is 0 Å². The van der Waals surface area contributed by atoms with E-state index < -0.39 is 29.5 Å². The lowest BCUT2D eigenvalue weighted by molar-refractivity contribution is -0.125. The van der Waals surface area contributed by atoms with Crippen LogP contribution in [0.1, 0.15) is 13.8 Å². The van der Waals surface area contributed by atoms with Gasteiger partial charge in [-0.2, -0.15) is 0 Å². The van der Waals surface area contributed by atoms with E-state index in [4.69, 9.17) is 5.73 Å². The van der Waals surface area contributed by atoms with Gasteiger partial charge in [0.2, 0.25) is 11.8 Å². The predicted octanol–water partition coefficient (Wildman–Crippen LogP) is 1.00. The Balaban J connectivity index is 2.53. The van der Waals surface area contributed by atoms with E-state index in [2.05, 4.69) is 10.6 Å². The lowest BCUT2D eigenvalue weighted by atomic mass is 10.1. The highest BCUT2D eigenvalue weighted by Gasteiger charge is 2.18. The average molecular weight is 285 g/mol. The van der Waals surface area contributed by atoms with Crippen LogP contribution >= 0.6 is 0 Å². The number of nitrogens with two attached hydrogens (primary N) is 1. The van der Waals surface area contributed by atoms with Gasteiger partial charge < -0.3 is 16.4 Å². The molecule has 1 aromatic carbocycles. The smallest absolute Gasteiger partial charge is 0.243 e. The first kappa shape index (κ1) is 16.0. The molecular formula is C13H17F2N3O2. The third-order valence-corrected chi connectivity index (χ3v) is 2.67. The third kappa shape index (κ3) is 4.27. The molecule has 0 aromatic heterocycles. The average Bonchev–Trinajstić information content (AvgIpc) is 2.40. The number of hydrogen-bond acceptors (Lipinski definition) is 3. The number of amides is 2. The van der Waals surface area contributed by atoms with E-state index in [1.807, 2.05) is 0 Å². The fourth-order valence-electron chi connectivity index (χ4n) is 1.38. The van der Waals surface area contributed by atoms with Crippen molar-refractivity contribution in [1.82, 2.24) is 5.32 Å². The number of carbonyl (C=O) groups excluding carboxylic acids is 2. The van der Waals surface area contributed by atoms with E-state index in [1.54, 1.807) is 13.8 Å². The Hall–Kier alpha value is -2.02. The van der Waals surface area contributed by atoms with Crippen LogP contribution in [0, 0.1) is 17.6 Å². The lowest BCUT2D eigenvalue weighted by Gasteiger charge is -2.15. The van der Waals surface area contributed by atoms with Crippen molar-refractivity contribution in [3.63, 3.8) is 0 Å². The molecule has 1 atom stereocenters. The number of halogens is 2. The summed E-state index contributed by atoms with van der Waals surface area (Å²) >= 11 is 0. The van der Waals surface area contributed by atoms with Gasteiger partial charge in [0.05, 0.1) is 18.3 Å². The van der Waals surface area contributed by atoms with Crippen LogP contribution in [0.5, 0.6) is 0 Å². The van der Waals surface area contributed by atoms with Gasteiger partial charge in [0.15, 0.2) is 11.6 Å². The molecule has 0 aliphatic rings. The number of anilines is 1. The van der Waals surface area contributed by atoms with Crippen LogP contribution in [-0.2, 0) is 9.59 Å². The summed E-state index contributed by atoms with van der Waals surface area (Å²) in [6.45, 7) is 3.17. The van der Waals surface area contributed by atoms with Crippen molar-refractivity contribution in [2.45, 2.75) is 19.9 Å². The number of benzene rings is 1. The van der Waals surface area contributed by atoms with Crippen molar-refractivity contribution in [2.24, 2.45) is 11.7 Å². The van der Waals surface area contributed by atoms with Gasteiger partial charge in [-0.3, -0.25) is 9.59 Å². The van der Waals surface area contributed by atoms with Gasteiger partial charge in [0, 0.05) is 0 Å². The standard InChI is InChI=1S/C13H17F2N3O2/c1-7(2)12(16)13(20)17-6-10(19)18-9-5-3-4-8(14)11(9)15/h3-5,7,12H,6,16H2,1-2H3,(H,17,20)(H,18,19)/t12-/m0/s1. The Morgan fingerprint density at radius 2 is 1.95 bits per heavy atom. The number of rotatable bonds is 5. The summed E-state index contributed by atoms with van der Waals surface area (Å²) in [5, 5.41) is 4.49. The fraction of sp³-hybridized carbons (Fsp3) is 0.385. The van der Waals surface area contributed by atoms with Crippen molar-refractivity contribution in [3.8, 4) is 0 Å². The van der Waals surface area contributed by atoms with Gasteiger partial charge in [0.25, 0.3) is 0 Å². The molecule has 110 valence electrons. The molecule has 5 nitrogen and oxygen atoms in total. The van der Waals surface area contributed by atoms with Gasteiger partial charge >= 0.3 is 0 Å². The molecular weight excluding hydrogens is 268 g/mol. The summed E-state index contributed by atoms with van der Waals surface area (Å²) in [7, 11) is 0. The maximum atomic E-state index is 13.3. The van der Waals surface area contributed by atoms with E-state index in [1.165, 1.54) is 12.1 Å². The van der Waals surface area contributed by atoms with Crippen molar-refractivity contribution < 1.29 is 18.4 Å². The van der Waals surface area contributed by atoms with Crippen LogP contribution < -0.4 is 16.4 Å². The molecule has 0 aliphatic carbocycles. The summed E-state index contributed by atoms with van der Waals surface area (Å²) in [6.07, 6.45) is 0. The molecule has 1 rings (SSSR count). The molecule has 0 fully saturated rings. The van der Waals surface area contributed by atoms with Crippen molar-refractivity contribution in [2.75, 3.05) is 11.9 Å². The molecule has 0 saturated heterocycles. The normalized spacial score (nSPS) is 12.1. The first-order valence-electron chi connectivity index (χ1n) is 6.10. The minimum atomic E-state index is -1.15. The Labute approximate surface area is 115 Å². The van der Waals surface area contributed by atoms with Crippen molar-refractivity contribution in [3.05, 3.63) is 29.8 Å². The molecule has 0 unspecified atom stereocenters. The van der Waals surface area contributed by atoms with Gasteiger partial charge in [0.1, 0.15) is 0 Å². The van der Waals surface area contributed by atoms with E-state index in [0.717, 1.165) is 6.07 Å². The van der Waals surface area contributed by atoms with Gasteiger partial charge in [-0.1, -0.05) is 19.9 Å². The molecule has 0 radical (unpaired) electrons. The zero-order valence-electron chi connectivity index (χ0n) is 11.2. The quantitative estimate of drug-likeness (QED) is 0.754. The van der Waals surface area contributed by atoms with E-state index in [0.29, 0.717) is 0 Å². The fourth-order valence-corrected chi connectivity index (χ4v) is 1.38. The first-order valence-corrected chi connectivity index (χ1v) is 6.10. The summed E-state index contributed by atoms with van der Waals surface area (Å²) in [5.74, 6) is -3.42. The zero-order valence-corrected chi connectivity index (χ0v) is 11.2. The number of hydrogen-bond donors (Lipinski definition) is 3. The van der Waals surface area contributed by atoms with E-state index in [-0.39, 0.29) is 18.2 Å². The monoisotopic (exact) mass is 285 g/mol. The highest BCUT2D eigenvalue weighted by Crippen LogP contribution is 2.16. The summed E-state index contributed by atoms with van der Waals surface area (Å²) in [5.41, 5.74) is 5.31. The van der Waals surface area contributed by atoms with Crippen LogP contribution in [0.2, 0.25) is 0 Å². The lowest BCUT2D eigenvalue weighted by Crippen LogP contribution is -2.46. The van der Waals surface area contributed by atoms with Crippen LogP contribution in [0.3, 0.4) is 0 Å². The minimum Gasteiger partial charge on any atom is -0.346 e. The topological polar surface area (TPSA) is 84.2 Å². The third-order valence-electron chi connectivity index (χ3n) is 2.67. The molecule has 20 heavy (non-hydrogen) atoms. The second-order valence-electron chi connectivity index (χ2n) is 4.64. The molecule has 4 N–H and O–H groups in total. The van der Waals surface area contributed by atoms with Crippen LogP contribution in [0.25, 0.3) is 0 Å². The van der Waals surface area contributed by atoms with Crippen molar-refractivity contribution >= 4 is 17.5 Å². The Bertz CT molecular complexity index is 506. The van der Waals surface area contributed by atoms with E-state index in [9.17, 15) is 18.4 Å². The summed E-state index contributed by atoms with van der Waals surface area (Å²) in [6, 6.07) is 2.70. The van der Waals surface area contributed by atoms with Crippen LogP contribution in [-0.4, -0.2) is 24.4 Å². The number of carbonyl (C=O) groups is 2. The minimum absolute atomic E-state index is 0.0706. The Morgan fingerprint density at radius 3 is 2.55 bits per heavy atom. The maximum absolute atomic E-state index is 13.3. The molecule has 0 heterocycles. The predicted molar refractivity (Wildman–Crippen MR) is 70.8 cm³/mol. The molecule has 0 spiro atoms. The zero-order chi connectivity index (χ0) is 15.3. The number of nitrogens with one attached hydrogen (secondary N) is 2. The second kappa shape index (κ2) is 6.95.